The minimum absolute atomic E-state index is 0.0978. The molecule has 112 valence electrons. The Morgan fingerprint density at radius 3 is 2.42 bits per heavy atom. The fourth-order valence-corrected chi connectivity index (χ4v) is 1.27. The summed E-state index contributed by atoms with van der Waals surface area (Å²) in [4.78, 5) is 30.5. The summed E-state index contributed by atoms with van der Waals surface area (Å²) in [5.41, 5.74) is 0. The summed E-state index contributed by atoms with van der Waals surface area (Å²) in [5, 5.41) is 22.3. The fraction of sp³-hybridized carbons (Fsp3) is 0.833. The van der Waals surface area contributed by atoms with Gasteiger partial charge in [0.15, 0.2) is 0 Å². The zero-order valence-corrected chi connectivity index (χ0v) is 11.3. The van der Waals surface area contributed by atoms with E-state index in [-0.39, 0.29) is 13.0 Å². The maximum Gasteiger partial charge on any atom is 0.352 e. The molecule has 7 heteroatoms. The second-order valence-corrected chi connectivity index (χ2v) is 4.21. The Morgan fingerprint density at radius 2 is 1.84 bits per heavy atom. The van der Waals surface area contributed by atoms with Gasteiger partial charge in [-0.25, -0.2) is 9.59 Å². The van der Waals surface area contributed by atoms with Gasteiger partial charge in [0.25, 0.3) is 0 Å². The molecule has 2 N–H and O–H groups in total. The molecular formula is C12H22O7. The zero-order valence-electron chi connectivity index (χ0n) is 11.3. The molecular weight excluding hydrogens is 256 g/mol. The average Bonchev–Trinajstić information content (AvgIpc) is 2.42. The first kappa shape index (κ1) is 17.8. The van der Waals surface area contributed by atoms with Crippen molar-refractivity contribution in [3.63, 3.8) is 0 Å². The van der Waals surface area contributed by atoms with Gasteiger partial charge in [-0.1, -0.05) is 19.8 Å². The van der Waals surface area contributed by atoms with Gasteiger partial charge < -0.3 is 10.2 Å². The predicted molar refractivity (Wildman–Crippen MR) is 64.3 cm³/mol. The minimum Gasteiger partial charge on any atom is -0.396 e. The van der Waals surface area contributed by atoms with E-state index < -0.39 is 24.0 Å². The van der Waals surface area contributed by atoms with Crippen molar-refractivity contribution in [2.75, 3.05) is 6.61 Å². The number of hydrogen-bond acceptors (Lipinski definition) is 7. The smallest absolute Gasteiger partial charge is 0.352 e. The Bertz CT molecular complexity index is 267. The van der Waals surface area contributed by atoms with Crippen LogP contribution in [0.1, 0.15) is 46.0 Å². The molecule has 0 aromatic carbocycles. The van der Waals surface area contributed by atoms with Crippen LogP contribution in [-0.2, 0) is 24.4 Å². The van der Waals surface area contributed by atoms with Gasteiger partial charge in [-0.2, -0.15) is 0 Å². The monoisotopic (exact) mass is 278 g/mol. The van der Waals surface area contributed by atoms with E-state index in [0.717, 1.165) is 6.42 Å². The van der Waals surface area contributed by atoms with Crippen molar-refractivity contribution in [1.29, 1.82) is 0 Å². The Labute approximate surface area is 112 Å². The molecule has 0 aliphatic heterocycles. The predicted octanol–water partition coefficient (Wildman–Crippen LogP) is 0.879. The average molecular weight is 278 g/mol. The molecule has 0 heterocycles. The highest BCUT2D eigenvalue weighted by Gasteiger charge is 2.24. The third kappa shape index (κ3) is 8.52. The second-order valence-electron chi connectivity index (χ2n) is 4.21. The van der Waals surface area contributed by atoms with Crippen LogP contribution in [0.15, 0.2) is 0 Å². The first-order chi connectivity index (χ1) is 9.02. The summed E-state index contributed by atoms with van der Waals surface area (Å²) in [5.74, 6) is -2.25. The van der Waals surface area contributed by atoms with Crippen LogP contribution in [0.3, 0.4) is 0 Å². The first-order valence-electron chi connectivity index (χ1n) is 6.39. The Hall–Kier alpha value is -1.18. The summed E-state index contributed by atoms with van der Waals surface area (Å²) in [6.07, 6.45) is 1.80. The van der Waals surface area contributed by atoms with Crippen molar-refractivity contribution in [2.45, 2.75) is 52.1 Å². The van der Waals surface area contributed by atoms with E-state index in [4.69, 9.17) is 5.11 Å². The van der Waals surface area contributed by atoms with E-state index in [1.165, 1.54) is 6.92 Å². The molecule has 0 aliphatic carbocycles. The highest BCUT2D eigenvalue weighted by molar-refractivity contribution is 5.72. The van der Waals surface area contributed by atoms with E-state index >= 15 is 0 Å². The number of carbonyl (C=O) groups excluding carboxylic acids is 2. The number of carbonyl (C=O) groups is 2. The van der Waals surface area contributed by atoms with E-state index in [0.29, 0.717) is 19.3 Å². The van der Waals surface area contributed by atoms with Gasteiger partial charge in [0, 0.05) is 18.1 Å². The SMILES string of the molecule is CCC(=O)OOOC(=O)C(C)C(O)CCCCCO. The molecule has 2 atom stereocenters. The van der Waals surface area contributed by atoms with Crippen molar-refractivity contribution < 1.29 is 34.6 Å². The number of hydrogen-bond donors (Lipinski definition) is 2. The van der Waals surface area contributed by atoms with E-state index in [2.05, 4.69) is 14.8 Å². The second kappa shape index (κ2) is 10.7. The van der Waals surface area contributed by atoms with Crippen LogP contribution in [0.5, 0.6) is 0 Å². The van der Waals surface area contributed by atoms with Crippen LogP contribution in [0.2, 0.25) is 0 Å². The van der Waals surface area contributed by atoms with Gasteiger partial charge >= 0.3 is 11.9 Å². The standard InChI is InChI=1S/C12H22O7/c1-3-11(15)17-19-18-12(16)9(2)10(14)7-5-4-6-8-13/h9-10,13-14H,3-8H2,1-2H3. The summed E-state index contributed by atoms with van der Waals surface area (Å²) >= 11 is 0. The van der Waals surface area contributed by atoms with Crippen LogP contribution in [0, 0.1) is 5.92 Å². The van der Waals surface area contributed by atoms with E-state index in [1.807, 2.05) is 0 Å². The molecule has 7 nitrogen and oxygen atoms in total. The highest BCUT2D eigenvalue weighted by Crippen LogP contribution is 2.13. The van der Waals surface area contributed by atoms with Crippen molar-refractivity contribution in [1.82, 2.24) is 0 Å². The third-order valence-electron chi connectivity index (χ3n) is 2.64. The minimum atomic E-state index is -0.864. The largest absolute Gasteiger partial charge is 0.396 e. The zero-order chi connectivity index (χ0) is 14.7. The number of unbranched alkanes of at least 4 members (excludes halogenated alkanes) is 2. The Kier molecular flexibility index (Phi) is 10.1. The number of aliphatic hydroxyl groups excluding tert-OH is 2. The van der Waals surface area contributed by atoms with Gasteiger partial charge in [-0.05, 0) is 19.8 Å². The van der Waals surface area contributed by atoms with Crippen LogP contribution >= 0.6 is 0 Å². The van der Waals surface area contributed by atoms with Crippen LogP contribution in [0.25, 0.3) is 0 Å². The number of aliphatic hydroxyl groups is 2. The van der Waals surface area contributed by atoms with Gasteiger partial charge in [-0.15, -0.1) is 0 Å². The molecule has 2 unspecified atom stereocenters. The van der Waals surface area contributed by atoms with Crippen LogP contribution < -0.4 is 0 Å². The van der Waals surface area contributed by atoms with Gasteiger partial charge in [-0.3, -0.25) is 9.78 Å². The Balaban J connectivity index is 3.80. The molecule has 0 bridgehead atoms. The molecule has 0 aromatic heterocycles. The van der Waals surface area contributed by atoms with Crippen molar-refractivity contribution in [3.05, 3.63) is 0 Å². The molecule has 0 saturated heterocycles. The van der Waals surface area contributed by atoms with Crippen molar-refractivity contribution in [3.8, 4) is 0 Å². The molecule has 0 fully saturated rings. The molecule has 0 amide bonds. The first-order valence-corrected chi connectivity index (χ1v) is 6.39. The third-order valence-corrected chi connectivity index (χ3v) is 2.64. The quantitative estimate of drug-likeness (QED) is 0.347. The summed E-state index contributed by atoms with van der Waals surface area (Å²) in [6.45, 7) is 3.17. The maximum atomic E-state index is 11.4. The van der Waals surface area contributed by atoms with Crippen LogP contribution in [0.4, 0.5) is 0 Å². The summed E-state index contributed by atoms with van der Waals surface area (Å²) in [7, 11) is 0. The lowest BCUT2D eigenvalue weighted by Crippen LogP contribution is -2.27. The molecule has 0 saturated carbocycles. The van der Waals surface area contributed by atoms with Gasteiger partial charge in [0.2, 0.25) is 0 Å². The molecule has 19 heavy (non-hydrogen) atoms. The number of rotatable bonds is 10. The maximum absolute atomic E-state index is 11.4. The summed E-state index contributed by atoms with van der Waals surface area (Å²) in [6, 6.07) is 0. The highest BCUT2D eigenvalue weighted by atomic mass is 17.5. The van der Waals surface area contributed by atoms with Crippen molar-refractivity contribution in [2.24, 2.45) is 5.92 Å². The van der Waals surface area contributed by atoms with Crippen LogP contribution in [-0.4, -0.2) is 34.9 Å². The molecule has 0 rings (SSSR count). The van der Waals surface area contributed by atoms with Crippen molar-refractivity contribution >= 4 is 11.9 Å². The molecule has 0 aliphatic rings. The Morgan fingerprint density at radius 1 is 1.16 bits per heavy atom. The fourth-order valence-electron chi connectivity index (χ4n) is 1.27. The lowest BCUT2D eigenvalue weighted by Gasteiger charge is -2.15. The van der Waals surface area contributed by atoms with Gasteiger partial charge in [0.1, 0.15) is 0 Å². The van der Waals surface area contributed by atoms with E-state index in [9.17, 15) is 14.7 Å². The topological polar surface area (TPSA) is 102 Å². The molecule has 0 spiro atoms. The lowest BCUT2D eigenvalue weighted by molar-refractivity contribution is -0.460. The normalized spacial score (nSPS) is 13.7. The lowest BCUT2D eigenvalue weighted by atomic mass is 9.99. The molecule has 0 radical (unpaired) electrons. The summed E-state index contributed by atoms with van der Waals surface area (Å²) < 4.78 is 0. The van der Waals surface area contributed by atoms with Gasteiger partial charge in [0.05, 0.1) is 12.0 Å². The molecule has 0 aromatic rings. The van der Waals surface area contributed by atoms with E-state index in [1.54, 1.807) is 6.92 Å².